The van der Waals surface area contributed by atoms with Crippen molar-refractivity contribution in [3.63, 3.8) is 0 Å². The Morgan fingerprint density at radius 1 is 1.14 bits per heavy atom. The van der Waals surface area contributed by atoms with E-state index < -0.39 is 17.4 Å². The van der Waals surface area contributed by atoms with Gasteiger partial charge in [0.15, 0.2) is 5.83 Å². The largest absolute Gasteiger partial charge is 0.354 e. The second kappa shape index (κ2) is 12.4. The number of hydrogen-bond donors (Lipinski definition) is 0. The van der Waals surface area contributed by atoms with E-state index in [2.05, 4.69) is 25.4 Å². The van der Waals surface area contributed by atoms with Crippen LogP contribution in [0.25, 0.3) is 33.8 Å². The molecular formula is C35H37ClFN5O2. The number of carbonyl (C=O) groups is 1. The van der Waals surface area contributed by atoms with Crippen molar-refractivity contribution in [3.05, 3.63) is 99.9 Å². The van der Waals surface area contributed by atoms with Gasteiger partial charge in [-0.05, 0) is 53.6 Å². The van der Waals surface area contributed by atoms with E-state index in [-0.39, 0.29) is 37.5 Å². The van der Waals surface area contributed by atoms with E-state index in [1.54, 1.807) is 16.8 Å². The first-order valence-corrected chi connectivity index (χ1v) is 15.1. The van der Waals surface area contributed by atoms with Gasteiger partial charge in [0.1, 0.15) is 5.82 Å². The van der Waals surface area contributed by atoms with Crippen LogP contribution in [0.1, 0.15) is 66.0 Å². The highest BCUT2D eigenvalue weighted by Crippen LogP contribution is 2.39. The Kier molecular flexibility index (Phi) is 8.00. The van der Waals surface area contributed by atoms with E-state index >= 15 is 0 Å². The molecule has 228 valence electrons. The number of fused-ring (bicyclic) bond motifs is 1. The zero-order valence-corrected chi connectivity index (χ0v) is 26.3. The molecule has 0 bridgehead atoms. The Balaban J connectivity index is 1.84. The van der Waals surface area contributed by atoms with E-state index in [1.165, 1.54) is 11.0 Å². The van der Waals surface area contributed by atoms with E-state index in [4.69, 9.17) is 19.3 Å². The maximum Gasteiger partial charge on any atom is 0.354 e. The van der Waals surface area contributed by atoms with Gasteiger partial charge in [-0.25, -0.2) is 9.18 Å². The summed E-state index contributed by atoms with van der Waals surface area (Å²) >= 11 is 7.03. The molecule has 0 radical (unpaired) electrons. The van der Waals surface area contributed by atoms with E-state index in [0.29, 0.717) is 50.7 Å². The molecule has 44 heavy (non-hydrogen) atoms. The molecule has 1 atom stereocenters. The lowest BCUT2D eigenvalue weighted by atomic mass is 9.95. The lowest BCUT2D eigenvalue weighted by molar-refractivity contribution is -0.129. The summed E-state index contributed by atoms with van der Waals surface area (Å²) in [5, 5.41) is 1.02. The van der Waals surface area contributed by atoms with Crippen LogP contribution in [0, 0.1) is 0 Å². The number of benzene rings is 2. The van der Waals surface area contributed by atoms with Crippen LogP contribution < -0.4 is 10.6 Å². The zero-order valence-electron chi connectivity index (χ0n) is 27.6. The molecule has 7 nitrogen and oxygen atoms in total. The molecule has 1 saturated heterocycles. The van der Waals surface area contributed by atoms with Gasteiger partial charge < -0.3 is 9.80 Å². The monoisotopic (exact) mass is 615 g/mol. The number of amides is 1. The quantitative estimate of drug-likeness (QED) is 0.201. The van der Waals surface area contributed by atoms with Crippen LogP contribution in [0.4, 0.5) is 10.2 Å². The number of hydrogen-bond acceptors (Lipinski definition) is 5. The third-order valence-electron chi connectivity index (χ3n) is 8.16. The number of pyridine rings is 1. The summed E-state index contributed by atoms with van der Waals surface area (Å²) in [4.78, 5) is 39.4. The predicted molar refractivity (Wildman–Crippen MR) is 177 cm³/mol. The molecule has 2 aromatic carbocycles. The average molecular weight is 616 g/mol. The average Bonchev–Trinajstić information content (AvgIpc) is 3.00. The van der Waals surface area contributed by atoms with Gasteiger partial charge in [0.05, 0.1) is 19.6 Å². The number of halogens is 2. The number of anilines is 1. The van der Waals surface area contributed by atoms with Gasteiger partial charge in [-0.15, -0.1) is 0 Å². The first-order valence-electron chi connectivity index (χ1n) is 15.7. The molecule has 0 spiro atoms. The lowest BCUT2D eigenvalue weighted by Crippen LogP contribution is -2.54. The van der Waals surface area contributed by atoms with Gasteiger partial charge in [0, 0.05) is 47.8 Å². The van der Waals surface area contributed by atoms with E-state index in [1.807, 2.05) is 62.1 Å². The normalized spacial score (nSPS) is 15.9. The predicted octanol–water partition coefficient (Wildman–Crippen LogP) is 7.51. The molecule has 1 fully saturated rings. The Morgan fingerprint density at radius 2 is 1.89 bits per heavy atom. The fourth-order valence-corrected chi connectivity index (χ4v) is 6.25. The Bertz CT molecular complexity index is 1910. The molecule has 5 rings (SSSR count). The van der Waals surface area contributed by atoms with Crippen LogP contribution in [0.15, 0.2) is 72.4 Å². The molecule has 0 saturated carbocycles. The van der Waals surface area contributed by atoms with Crippen molar-refractivity contribution in [2.75, 3.05) is 24.5 Å². The fourth-order valence-electron chi connectivity index (χ4n) is 5.99. The number of nitrogens with zero attached hydrogens (tertiary/aromatic N) is 5. The van der Waals surface area contributed by atoms with Gasteiger partial charge in [-0.3, -0.25) is 14.3 Å². The third kappa shape index (κ3) is 5.54. The van der Waals surface area contributed by atoms with Crippen molar-refractivity contribution in [2.24, 2.45) is 0 Å². The van der Waals surface area contributed by atoms with Crippen molar-refractivity contribution < 1.29 is 11.9 Å². The van der Waals surface area contributed by atoms with Crippen LogP contribution in [0.2, 0.25) is 5.02 Å². The summed E-state index contributed by atoms with van der Waals surface area (Å²) in [6, 6.07) is 12.7. The first kappa shape index (κ1) is 28.5. The molecule has 0 N–H and O–H groups in total. The molecule has 1 amide bonds. The van der Waals surface area contributed by atoms with Crippen molar-refractivity contribution in [1.29, 1.82) is 0 Å². The first-order chi connectivity index (χ1) is 21.8. The minimum atomic E-state index is -1.01. The number of aromatic nitrogens is 3. The number of rotatable bonds is 7. The molecule has 0 aliphatic carbocycles. The molecule has 1 aliphatic heterocycles. The zero-order chi connectivity index (χ0) is 33.4. The second-order valence-corrected chi connectivity index (χ2v) is 12.2. The van der Waals surface area contributed by atoms with Gasteiger partial charge in [0.2, 0.25) is 0 Å². The minimum Gasteiger partial charge on any atom is -0.350 e. The van der Waals surface area contributed by atoms with Crippen LogP contribution >= 0.6 is 11.6 Å². The maximum atomic E-state index is 14.3. The maximum absolute atomic E-state index is 14.3. The molecule has 0 unspecified atom stereocenters. The summed E-state index contributed by atoms with van der Waals surface area (Å²) in [6.45, 7) is 13.7. The van der Waals surface area contributed by atoms with Gasteiger partial charge in [-0.1, -0.05) is 82.7 Å². The minimum absolute atomic E-state index is 0.00335. The van der Waals surface area contributed by atoms with Crippen LogP contribution in [-0.4, -0.2) is 51.0 Å². The van der Waals surface area contributed by atoms with Crippen molar-refractivity contribution in [3.8, 4) is 16.8 Å². The Morgan fingerprint density at radius 3 is 2.55 bits per heavy atom. The number of carbonyl (C=O) groups excluding carboxylic acids is 1. The van der Waals surface area contributed by atoms with Gasteiger partial charge in [-0.2, -0.15) is 4.98 Å². The van der Waals surface area contributed by atoms with Gasteiger partial charge in [0.25, 0.3) is 5.91 Å². The lowest BCUT2D eigenvalue weighted by Gasteiger charge is -2.40. The summed E-state index contributed by atoms with van der Waals surface area (Å²) in [7, 11) is 0. The second-order valence-electron chi connectivity index (χ2n) is 11.8. The summed E-state index contributed by atoms with van der Waals surface area (Å²) in [5.74, 6) is -1.28. The molecule has 4 aromatic rings. The molecule has 2 aromatic heterocycles. The molecule has 1 aliphatic rings. The smallest absolute Gasteiger partial charge is 0.350 e. The van der Waals surface area contributed by atoms with Crippen molar-refractivity contribution in [1.82, 2.24) is 19.4 Å². The summed E-state index contributed by atoms with van der Waals surface area (Å²) in [5.41, 5.74) is 4.40. The molecular weight excluding hydrogens is 577 g/mol. The van der Waals surface area contributed by atoms with Crippen molar-refractivity contribution in [2.45, 2.75) is 52.5 Å². The van der Waals surface area contributed by atoms with Crippen LogP contribution in [0.5, 0.6) is 0 Å². The van der Waals surface area contributed by atoms with Gasteiger partial charge >= 0.3 is 5.69 Å². The van der Waals surface area contributed by atoms with E-state index in [0.717, 1.165) is 11.3 Å². The third-order valence-corrected chi connectivity index (χ3v) is 8.47. The van der Waals surface area contributed by atoms with Crippen LogP contribution in [0.3, 0.4) is 0 Å². The number of piperazine rings is 1. The summed E-state index contributed by atoms with van der Waals surface area (Å²) < 4.78 is 30.8. The van der Waals surface area contributed by atoms with E-state index in [9.17, 15) is 14.0 Å². The standard InChI is InChI=1S/C35H37ClFN5O2/c1-8-24-11-9-10-12-26(24)27-18-30-28(17-29(27)36)33(41-16-15-40(19-22(41)6)34(43)23(7)37)39-35(44)42(30)32-25(20(2)3)13-14-38-31(32)21(4)5/h8-14,17-18,20-22H,1,7,15-16,19H2,2-6H3/t22-/m0/s1/i1D2. The molecule has 3 heterocycles. The highest BCUT2D eigenvalue weighted by Gasteiger charge is 2.31. The highest BCUT2D eigenvalue weighted by atomic mass is 35.5. The van der Waals surface area contributed by atoms with Crippen LogP contribution in [-0.2, 0) is 4.79 Å². The summed E-state index contributed by atoms with van der Waals surface area (Å²) in [6.07, 6.45) is 3.21. The SMILES string of the molecule is [2H]C([2H])=Cc1ccccc1-c1cc2c(cc1Cl)c(N1CCN(C(=O)C(=C)F)C[C@@H]1C)nc(=O)n2-c1c(C(C)C)ccnc1C(C)C. The Labute approximate surface area is 265 Å². The molecule has 9 heteroatoms. The fraction of sp³-hybridized carbons (Fsp3) is 0.314. The Hall–Kier alpha value is -4.30. The highest BCUT2D eigenvalue weighted by molar-refractivity contribution is 6.34. The topological polar surface area (TPSA) is 71.3 Å². The van der Waals surface area contributed by atoms with Crippen molar-refractivity contribution >= 4 is 40.3 Å².